The van der Waals surface area contributed by atoms with Gasteiger partial charge in [0.1, 0.15) is 0 Å². The molecule has 0 radical (unpaired) electrons. The molecule has 0 aromatic heterocycles. The molecule has 0 fully saturated rings. The number of carbonyl (C=O) groups excluding carboxylic acids is 2. The molecule has 0 heterocycles. The topological polar surface area (TPSA) is 189 Å². The van der Waals surface area contributed by atoms with Crippen molar-refractivity contribution < 1.29 is 45.7 Å². The van der Waals surface area contributed by atoms with E-state index in [0.717, 1.165) is 0 Å². The summed E-state index contributed by atoms with van der Waals surface area (Å²) < 4.78 is 54.7. The monoisotopic (exact) mass is 276 g/mol. The van der Waals surface area contributed by atoms with Crippen molar-refractivity contribution in [2.24, 2.45) is 0 Å². The molecule has 0 amide bonds. The van der Waals surface area contributed by atoms with Crippen molar-refractivity contribution in [2.45, 2.75) is 10.5 Å². The first-order chi connectivity index (χ1) is 6.86. The van der Waals surface area contributed by atoms with Crippen molar-refractivity contribution in [1.82, 2.24) is 0 Å². The predicted octanol–water partition coefficient (Wildman–Crippen LogP) is -4.65. The van der Waals surface area contributed by atoms with Gasteiger partial charge in [-0.25, -0.2) is 0 Å². The lowest BCUT2D eigenvalue weighted by Gasteiger charge is -2.28. The first-order valence-corrected chi connectivity index (χ1v) is 6.09. The molecule has 0 bridgehead atoms. The van der Waals surface area contributed by atoms with E-state index in [0.29, 0.717) is 0 Å². The Kier molecular flexibility index (Phi) is 3.66. The van der Waals surface area contributed by atoms with E-state index in [-0.39, 0.29) is 0 Å². The minimum absolute atomic E-state index is 2.22. The van der Waals surface area contributed by atoms with E-state index in [1.165, 1.54) is 0 Å². The number of aliphatic carboxylic acids is 2. The Morgan fingerprint density at radius 3 is 1.38 bits per heavy atom. The lowest BCUT2D eigenvalue weighted by molar-refractivity contribution is -0.316. The minimum Gasteiger partial charge on any atom is -0.550 e. The van der Waals surface area contributed by atoms with Crippen LogP contribution in [0, 0.1) is 0 Å². The van der Waals surface area contributed by atoms with Crippen LogP contribution in [0.2, 0.25) is 0 Å². The SMILES string of the molecule is O=C([O-])CC(C(=O)[O-])(S(=O)(=O)O)S(=O)(=O)O. The molecule has 0 aromatic carbocycles. The van der Waals surface area contributed by atoms with Crippen LogP contribution < -0.4 is 10.2 Å². The molecule has 0 atom stereocenters. The van der Waals surface area contributed by atoms with Gasteiger partial charge in [0.15, 0.2) is 0 Å². The molecule has 12 heteroatoms. The van der Waals surface area contributed by atoms with Gasteiger partial charge in [0, 0.05) is 12.4 Å². The van der Waals surface area contributed by atoms with Crippen LogP contribution in [-0.2, 0) is 29.8 Å². The molecular weight excluding hydrogens is 272 g/mol. The number of carboxylic acid groups (broad SMARTS) is 2. The van der Waals surface area contributed by atoms with E-state index in [1.807, 2.05) is 0 Å². The van der Waals surface area contributed by atoms with Crippen molar-refractivity contribution in [2.75, 3.05) is 0 Å². The largest absolute Gasteiger partial charge is 0.550 e. The van der Waals surface area contributed by atoms with Gasteiger partial charge in [-0.15, -0.1) is 0 Å². The highest BCUT2D eigenvalue weighted by molar-refractivity contribution is 8.06. The zero-order valence-corrected chi connectivity index (χ0v) is 8.82. The molecule has 0 unspecified atom stereocenters. The zero-order valence-electron chi connectivity index (χ0n) is 7.18. The van der Waals surface area contributed by atoms with E-state index in [1.54, 1.807) is 0 Å². The van der Waals surface area contributed by atoms with Crippen molar-refractivity contribution in [1.29, 1.82) is 0 Å². The van der Waals surface area contributed by atoms with E-state index in [4.69, 9.17) is 9.11 Å². The van der Waals surface area contributed by atoms with Gasteiger partial charge in [0.25, 0.3) is 24.3 Å². The lowest BCUT2D eigenvalue weighted by Crippen LogP contribution is -2.60. The molecule has 0 saturated carbocycles. The fraction of sp³-hybridized carbons (Fsp3) is 0.500. The highest BCUT2D eigenvalue weighted by Gasteiger charge is 2.56. The predicted molar refractivity (Wildman–Crippen MR) is 40.5 cm³/mol. The summed E-state index contributed by atoms with van der Waals surface area (Å²) in [5.74, 6) is -5.46. The second kappa shape index (κ2) is 3.97. The molecule has 0 aliphatic carbocycles. The Balaban J connectivity index is 6.27. The molecule has 0 saturated heterocycles. The summed E-state index contributed by atoms with van der Waals surface area (Å²) in [5.41, 5.74) is 0. The maximum Gasteiger partial charge on any atom is 0.293 e. The summed E-state index contributed by atoms with van der Waals surface area (Å²) in [6.45, 7) is 0. The normalized spacial score (nSPS) is 13.4. The Morgan fingerprint density at radius 1 is 1.00 bits per heavy atom. The molecule has 94 valence electrons. The molecule has 0 spiro atoms. The van der Waals surface area contributed by atoms with Gasteiger partial charge in [0.2, 0.25) is 0 Å². The molecule has 0 aliphatic rings. The van der Waals surface area contributed by atoms with E-state index in [9.17, 15) is 36.6 Å². The Labute approximate surface area is 89.0 Å². The van der Waals surface area contributed by atoms with Crippen LogP contribution in [0.5, 0.6) is 0 Å². The summed E-state index contributed by atoms with van der Waals surface area (Å²) in [6, 6.07) is 0. The van der Waals surface area contributed by atoms with Crippen LogP contribution in [0.4, 0.5) is 0 Å². The van der Waals surface area contributed by atoms with Gasteiger partial charge >= 0.3 is 0 Å². The highest BCUT2D eigenvalue weighted by atomic mass is 32.3. The fourth-order valence-electron chi connectivity index (χ4n) is 0.788. The highest BCUT2D eigenvalue weighted by Crippen LogP contribution is 2.26. The molecular formula is C4H4O10S2-2. The van der Waals surface area contributed by atoms with E-state index < -0.39 is 42.7 Å². The molecule has 16 heavy (non-hydrogen) atoms. The first kappa shape index (κ1) is 14.8. The zero-order chi connectivity index (χ0) is 13.4. The number of hydrogen-bond donors (Lipinski definition) is 2. The van der Waals surface area contributed by atoms with Crippen molar-refractivity contribution >= 4 is 32.2 Å². The quantitative estimate of drug-likeness (QED) is 0.461. The van der Waals surface area contributed by atoms with Gasteiger partial charge < -0.3 is 19.8 Å². The number of carbonyl (C=O) groups is 2. The van der Waals surface area contributed by atoms with Crippen molar-refractivity contribution in [3.8, 4) is 0 Å². The smallest absolute Gasteiger partial charge is 0.293 e. The van der Waals surface area contributed by atoms with E-state index >= 15 is 0 Å². The summed E-state index contributed by atoms with van der Waals surface area (Å²) >= 11 is 0. The molecule has 0 rings (SSSR count). The average Bonchev–Trinajstić information content (AvgIpc) is 1.93. The third-order valence-electron chi connectivity index (χ3n) is 1.52. The maximum atomic E-state index is 10.6. The Hall–Kier alpha value is -1.24. The summed E-state index contributed by atoms with van der Waals surface area (Å²) in [7, 11) is -12.0. The van der Waals surface area contributed by atoms with Crippen LogP contribution in [0.25, 0.3) is 0 Å². The Bertz CT molecular complexity index is 477. The second-order valence-corrected chi connectivity index (χ2v) is 6.09. The van der Waals surface area contributed by atoms with Crippen LogP contribution in [-0.4, -0.2) is 42.0 Å². The van der Waals surface area contributed by atoms with Crippen molar-refractivity contribution in [3.05, 3.63) is 0 Å². The number of hydrogen-bond acceptors (Lipinski definition) is 8. The van der Waals surface area contributed by atoms with Crippen LogP contribution in [0.1, 0.15) is 6.42 Å². The summed E-state index contributed by atoms with van der Waals surface area (Å²) in [5, 5.41) is 20.4. The average molecular weight is 276 g/mol. The number of carboxylic acids is 2. The van der Waals surface area contributed by atoms with Crippen LogP contribution in [0.15, 0.2) is 0 Å². The number of rotatable bonds is 5. The lowest BCUT2D eigenvalue weighted by atomic mass is 10.3. The van der Waals surface area contributed by atoms with Gasteiger partial charge in [-0.05, 0) is 0 Å². The third kappa shape index (κ3) is 2.29. The molecule has 0 aromatic rings. The van der Waals surface area contributed by atoms with E-state index in [2.05, 4.69) is 0 Å². The molecule has 2 N–H and O–H groups in total. The fourth-order valence-corrected chi connectivity index (χ4v) is 2.87. The minimum atomic E-state index is -6.00. The first-order valence-electron chi connectivity index (χ1n) is 3.21. The van der Waals surface area contributed by atoms with Gasteiger partial charge in [-0.1, -0.05) is 0 Å². The van der Waals surface area contributed by atoms with Gasteiger partial charge in [-0.3, -0.25) is 9.11 Å². The standard InChI is InChI=1S/C4H6O10S2/c5-2(6)1-4(3(7)8,15(9,10)11)16(12,13)14/h1H2,(H,5,6)(H,7,8)(H,9,10,11)(H,12,13,14)/p-2. The van der Waals surface area contributed by atoms with Crippen LogP contribution >= 0.6 is 0 Å². The molecule has 0 aliphatic heterocycles. The molecule has 10 nitrogen and oxygen atoms in total. The Morgan fingerprint density at radius 2 is 1.31 bits per heavy atom. The summed E-state index contributed by atoms with van der Waals surface area (Å²) in [6.07, 6.45) is -2.22. The third-order valence-corrected chi connectivity index (χ3v) is 5.07. The maximum absolute atomic E-state index is 10.6. The van der Waals surface area contributed by atoms with Gasteiger partial charge in [0.05, 0.1) is 5.97 Å². The van der Waals surface area contributed by atoms with Crippen molar-refractivity contribution in [3.63, 3.8) is 0 Å². The van der Waals surface area contributed by atoms with Gasteiger partial charge in [-0.2, -0.15) is 16.8 Å². The summed E-state index contributed by atoms with van der Waals surface area (Å²) in [4.78, 5) is 20.4. The second-order valence-electron chi connectivity index (χ2n) is 2.54. The van der Waals surface area contributed by atoms with Crippen LogP contribution in [0.3, 0.4) is 0 Å².